The van der Waals surface area contributed by atoms with Crippen molar-refractivity contribution in [3.05, 3.63) is 59.1 Å². The molecule has 2 rings (SSSR count). The van der Waals surface area contributed by atoms with Gasteiger partial charge in [-0.15, -0.1) is 0 Å². The van der Waals surface area contributed by atoms with Crippen molar-refractivity contribution >= 4 is 21.6 Å². The average Bonchev–Trinajstić information content (AvgIpc) is 2.46. The van der Waals surface area contributed by atoms with Gasteiger partial charge in [-0.1, -0.05) is 35.9 Å². The second-order valence-corrected chi connectivity index (χ2v) is 7.12. The van der Waals surface area contributed by atoms with Crippen molar-refractivity contribution < 1.29 is 13.5 Å². The number of phenols is 1. The molecule has 6 heteroatoms. The van der Waals surface area contributed by atoms with Gasteiger partial charge >= 0.3 is 0 Å². The Hall–Kier alpha value is -1.56. The fraction of sp³-hybridized carbons (Fsp3) is 0.200. The first-order chi connectivity index (χ1) is 9.84. The highest BCUT2D eigenvalue weighted by molar-refractivity contribution is 7.89. The lowest BCUT2D eigenvalue weighted by atomic mass is 10.1. The molecule has 0 aliphatic rings. The zero-order valence-corrected chi connectivity index (χ0v) is 13.3. The van der Waals surface area contributed by atoms with Crippen LogP contribution in [0.1, 0.15) is 18.5 Å². The molecule has 0 spiro atoms. The summed E-state index contributed by atoms with van der Waals surface area (Å²) >= 11 is 5.84. The van der Waals surface area contributed by atoms with E-state index in [9.17, 15) is 13.5 Å². The van der Waals surface area contributed by atoms with Crippen molar-refractivity contribution in [3.63, 3.8) is 0 Å². The molecule has 0 aliphatic carbocycles. The minimum atomic E-state index is -3.78. The third kappa shape index (κ3) is 3.20. The molecule has 112 valence electrons. The highest BCUT2D eigenvalue weighted by Crippen LogP contribution is 2.30. The minimum absolute atomic E-state index is 0.103. The summed E-state index contributed by atoms with van der Waals surface area (Å²) in [4.78, 5) is -0.103. The van der Waals surface area contributed by atoms with Crippen LogP contribution >= 0.6 is 11.6 Å². The van der Waals surface area contributed by atoms with Gasteiger partial charge in [-0.25, -0.2) is 8.42 Å². The lowest BCUT2D eigenvalue weighted by molar-refractivity contribution is 0.392. The number of hydrogen-bond donors (Lipinski definition) is 1. The van der Waals surface area contributed by atoms with Gasteiger partial charge in [0.1, 0.15) is 10.6 Å². The fourth-order valence-electron chi connectivity index (χ4n) is 1.99. The Balaban J connectivity index is 2.36. The van der Waals surface area contributed by atoms with E-state index < -0.39 is 10.0 Å². The normalized spacial score (nSPS) is 13.3. The van der Waals surface area contributed by atoms with Gasteiger partial charge in [0.2, 0.25) is 10.0 Å². The first-order valence-electron chi connectivity index (χ1n) is 6.35. The summed E-state index contributed by atoms with van der Waals surface area (Å²) in [5.74, 6) is -0.257. The standard InChI is InChI=1S/C15H16ClNO3S/c1-11(12-7-9-13(16)10-8-12)17(2)21(19,20)15-6-4-3-5-14(15)18/h3-11,18H,1-2H3. The van der Waals surface area contributed by atoms with E-state index in [1.54, 1.807) is 43.3 Å². The maximum atomic E-state index is 12.6. The van der Waals surface area contributed by atoms with Crippen LogP contribution in [0.15, 0.2) is 53.4 Å². The maximum Gasteiger partial charge on any atom is 0.247 e. The molecule has 2 aromatic carbocycles. The van der Waals surface area contributed by atoms with E-state index in [1.807, 2.05) is 0 Å². The number of rotatable bonds is 4. The zero-order chi connectivity index (χ0) is 15.6. The molecular formula is C15H16ClNO3S. The number of hydrogen-bond acceptors (Lipinski definition) is 3. The quantitative estimate of drug-likeness (QED) is 0.937. The smallest absolute Gasteiger partial charge is 0.247 e. The highest BCUT2D eigenvalue weighted by Gasteiger charge is 2.28. The fourth-order valence-corrected chi connectivity index (χ4v) is 3.55. The number of sulfonamides is 1. The number of aromatic hydroxyl groups is 1. The second kappa shape index (κ2) is 6.05. The Morgan fingerprint density at radius 1 is 1.10 bits per heavy atom. The van der Waals surface area contributed by atoms with Crippen LogP contribution in [0, 0.1) is 0 Å². The molecule has 1 unspecified atom stereocenters. The van der Waals surface area contributed by atoms with Crippen molar-refractivity contribution in [2.24, 2.45) is 0 Å². The third-order valence-electron chi connectivity index (χ3n) is 3.42. The Morgan fingerprint density at radius 3 is 2.24 bits per heavy atom. The first kappa shape index (κ1) is 15.8. The molecule has 0 radical (unpaired) electrons. The van der Waals surface area contributed by atoms with Gasteiger partial charge in [0.15, 0.2) is 0 Å². The van der Waals surface area contributed by atoms with E-state index in [0.717, 1.165) is 5.56 Å². The van der Waals surface area contributed by atoms with Crippen LogP contribution in [0.25, 0.3) is 0 Å². The Bertz CT molecular complexity index is 729. The van der Waals surface area contributed by atoms with Crippen LogP contribution in [-0.2, 0) is 10.0 Å². The van der Waals surface area contributed by atoms with Crippen LogP contribution in [0.3, 0.4) is 0 Å². The van der Waals surface area contributed by atoms with E-state index in [-0.39, 0.29) is 16.7 Å². The Morgan fingerprint density at radius 2 is 1.67 bits per heavy atom. The van der Waals surface area contributed by atoms with E-state index >= 15 is 0 Å². The van der Waals surface area contributed by atoms with Gasteiger partial charge in [0, 0.05) is 18.1 Å². The number of phenolic OH excluding ortho intramolecular Hbond substituents is 1. The molecule has 1 atom stereocenters. The summed E-state index contributed by atoms with van der Waals surface area (Å²) in [6.45, 7) is 1.78. The van der Waals surface area contributed by atoms with Gasteiger partial charge in [-0.05, 0) is 36.8 Å². The van der Waals surface area contributed by atoms with Crippen LogP contribution in [0.5, 0.6) is 5.75 Å². The molecule has 0 bridgehead atoms. The van der Waals surface area contributed by atoms with Gasteiger partial charge in [0.25, 0.3) is 0 Å². The minimum Gasteiger partial charge on any atom is -0.507 e. The first-order valence-corrected chi connectivity index (χ1v) is 8.17. The lowest BCUT2D eigenvalue weighted by Gasteiger charge is -2.25. The molecule has 4 nitrogen and oxygen atoms in total. The molecule has 0 amide bonds. The van der Waals surface area contributed by atoms with Crippen LogP contribution in [-0.4, -0.2) is 24.9 Å². The summed E-state index contributed by atoms with van der Waals surface area (Å²) in [6.07, 6.45) is 0. The highest BCUT2D eigenvalue weighted by atomic mass is 35.5. The number of benzene rings is 2. The molecule has 0 saturated carbocycles. The zero-order valence-electron chi connectivity index (χ0n) is 11.7. The average molecular weight is 326 g/mol. The van der Waals surface area contributed by atoms with Crippen LogP contribution < -0.4 is 0 Å². The van der Waals surface area contributed by atoms with Crippen LogP contribution in [0.2, 0.25) is 5.02 Å². The molecule has 0 saturated heterocycles. The third-order valence-corrected chi connectivity index (χ3v) is 5.65. The summed E-state index contributed by atoms with van der Waals surface area (Å²) in [5.41, 5.74) is 0.820. The van der Waals surface area contributed by atoms with Crippen molar-refractivity contribution in [3.8, 4) is 5.75 Å². The summed E-state index contributed by atoms with van der Waals surface area (Å²) in [6, 6.07) is 12.5. The lowest BCUT2D eigenvalue weighted by Crippen LogP contribution is -2.29. The van der Waals surface area contributed by atoms with E-state index in [0.29, 0.717) is 5.02 Å². The molecular weight excluding hydrogens is 310 g/mol. The predicted octanol–water partition coefficient (Wildman–Crippen LogP) is 3.43. The van der Waals surface area contributed by atoms with Crippen molar-refractivity contribution in [1.29, 1.82) is 0 Å². The molecule has 0 aliphatic heterocycles. The van der Waals surface area contributed by atoms with E-state index in [2.05, 4.69) is 0 Å². The summed E-state index contributed by atoms with van der Waals surface area (Å²) in [5, 5.41) is 10.4. The molecule has 2 aromatic rings. The monoisotopic (exact) mass is 325 g/mol. The van der Waals surface area contributed by atoms with Crippen molar-refractivity contribution in [1.82, 2.24) is 4.31 Å². The molecule has 1 N–H and O–H groups in total. The Kier molecular flexibility index (Phi) is 4.56. The van der Waals surface area contributed by atoms with E-state index in [1.165, 1.54) is 23.5 Å². The molecule has 0 aromatic heterocycles. The van der Waals surface area contributed by atoms with Crippen LogP contribution in [0.4, 0.5) is 0 Å². The number of para-hydroxylation sites is 1. The Labute approximate surface area is 129 Å². The van der Waals surface area contributed by atoms with Gasteiger partial charge < -0.3 is 5.11 Å². The van der Waals surface area contributed by atoms with Crippen molar-refractivity contribution in [2.45, 2.75) is 17.9 Å². The largest absolute Gasteiger partial charge is 0.507 e. The van der Waals surface area contributed by atoms with Gasteiger partial charge in [-0.2, -0.15) is 4.31 Å². The molecule has 21 heavy (non-hydrogen) atoms. The summed E-state index contributed by atoms with van der Waals surface area (Å²) < 4.78 is 26.4. The van der Waals surface area contributed by atoms with Crippen molar-refractivity contribution in [2.75, 3.05) is 7.05 Å². The molecule has 0 fully saturated rings. The maximum absolute atomic E-state index is 12.6. The van der Waals surface area contributed by atoms with Gasteiger partial charge in [0.05, 0.1) is 0 Å². The topological polar surface area (TPSA) is 57.6 Å². The summed E-state index contributed by atoms with van der Waals surface area (Å²) in [7, 11) is -2.29. The predicted molar refractivity (Wildman–Crippen MR) is 82.9 cm³/mol. The SMILES string of the molecule is CC(c1ccc(Cl)cc1)N(C)S(=O)(=O)c1ccccc1O. The number of nitrogens with zero attached hydrogens (tertiary/aromatic N) is 1. The van der Waals surface area contributed by atoms with E-state index in [4.69, 9.17) is 11.6 Å². The second-order valence-electron chi connectivity index (χ2n) is 4.72. The van der Waals surface area contributed by atoms with Gasteiger partial charge in [-0.3, -0.25) is 0 Å². The number of halogens is 1. The molecule has 0 heterocycles.